The summed E-state index contributed by atoms with van der Waals surface area (Å²) in [7, 11) is -3.55. The first-order valence-corrected chi connectivity index (χ1v) is 9.11. The molecule has 0 bridgehead atoms. The Morgan fingerprint density at radius 2 is 1.92 bits per heavy atom. The number of aromatic nitrogens is 4. The molecule has 0 spiro atoms. The smallest absolute Gasteiger partial charge is 0.269 e. The number of piperidine rings is 1. The van der Waals surface area contributed by atoms with Crippen LogP contribution in [0, 0.1) is 13.8 Å². The number of aromatic amines is 2. The van der Waals surface area contributed by atoms with Crippen LogP contribution in [0.1, 0.15) is 46.3 Å². The number of aryl methyl sites for hydroxylation is 2. The third-order valence-corrected chi connectivity index (χ3v) is 6.56. The number of sulfonamides is 1. The van der Waals surface area contributed by atoms with Crippen molar-refractivity contribution in [1.29, 1.82) is 0 Å². The lowest BCUT2D eigenvalue weighted by Crippen LogP contribution is -2.38. The molecule has 0 saturated carbocycles. The Labute approximate surface area is 139 Å². The quantitative estimate of drug-likeness (QED) is 0.732. The van der Waals surface area contributed by atoms with E-state index in [1.165, 1.54) is 4.31 Å². The van der Waals surface area contributed by atoms with Gasteiger partial charge in [0, 0.05) is 24.7 Å². The standard InChI is InChI=1S/C14H20N6O3S/c1-8-13(9(2)17-16-8)24(22,23)20-5-3-10(4-6-20)11-7-12(14(15)21)19-18-11/h7,10H,3-6H2,1-2H3,(H2,15,21)(H,16,17)(H,18,19). The maximum atomic E-state index is 12.8. The van der Waals surface area contributed by atoms with E-state index < -0.39 is 15.9 Å². The minimum atomic E-state index is -3.55. The van der Waals surface area contributed by atoms with Crippen LogP contribution in [0.3, 0.4) is 0 Å². The summed E-state index contributed by atoms with van der Waals surface area (Å²) < 4.78 is 27.1. The van der Waals surface area contributed by atoms with Crippen LogP contribution in [-0.4, -0.2) is 52.1 Å². The molecule has 0 aliphatic carbocycles. The number of primary amides is 1. The summed E-state index contributed by atoms with van der Waals surface area (Å²) in [6.07, 6.45) is 1.30. The van der Waals surface area contributed by atoms with Crippen molar-refractivity contribution in [3.8, 4) is 0 Å². The summed E-state index contributed by atoms with van der Waals surface area (Å²) in [4.78, 5) is 11.4. The second-order valence-electron chi connectivity index (χ2n) is 6.01. The second kappa shape index (κ2) is 6.02. The van der Waals surface area contributed by atoms with Gasteiger partial charge in [0.25, 0.3) is 5.91 Å². The van der Waals surface area contributed by atoms with Crippen LogP contribution in [0.2, 0.25) is 0 Å². The monoisotopic (exact) mass is 352 g/mol. The fourth-order valence-corrected chi connectivity index (χ4v) is 4.93. The SMILES string of the molecule is Cc1n[nH]c(C)c1S(=O)(=O)N1CCC(c2cc(C(N)=O)n[nH]2)CC1. The maximum Gasteiger partial charge on any atom is 0.269 e. The summed E-state index contributed by atoms with van der Waals surface area (Å²) >= 11 is 0. The third kappa shape index (κ3) is 2.82. The third-order valence-electron chi connectivity index (χ3n) is 4.40. The average molecular weight is 352 g/mol. The Bertz CT molecular complexity index is 841. The lowest BCUT2D eigenvalue weighted by Gasteiger charge is -2.30. The highest BCUT2D eigenvalue weighted by Gasteiger charge is 2.33. The van der Waals surface area contributed by atoms with Gasteiger partial charge in [-0.05, 0) is 32.8 Å². The minimum absolute atomic E-state index is 0.128. The van der Waals surface area contributed by atoms with E-state index in [1.54, 1.807) is 19.9 Å². The molecule has 4 N–H and O–H groups in total. The van der Waals surface area contributed by atoms with E-state index in [0.29, 0.717) is 37.3 Å². The number of nitrogens with one attached hydrogen (secondary N) is 2. The van der Waals surface area contributed by atoms with E-state index in [0.717, 1.165) is 5.69 Å². The summed E-state index contributed by atoms with van der Waals surface area (Å²) in [6, 6.07) is 1.64. The predicted molar refractivity (Wildman–Crippen MR) is 85.9 cm³/mol. The van der Waals surface area contributed by atoms with E-state index in [9.17, 15) is 13.2 Å². The molecule has 9 nitrogen and oxygen atoms in total. The number of nitrogens with zero attached hydrogens (tertiary/aromatic N) is 3. The molecule has 0 radical (unpaired) electrons. The molecule has 2 aromatic rings. The highest BCUT2D eigenvalue weighted by molar-refractivity contribution is 7.89. The number of rotatable bonds is 4. The molecule has 2 aromatic heterocycles. The number of nitrogens with two attached hydrogens (primary N) is 1. The Kier molecular flexibility index (Phi) is 4.18. The van der Waals surface area contributed by atoms with Crippen molar-refractivity contribution in [3.05, 3.63) is 28.8 Å². The topological polar surface area (TPSA) is 138 Å². The zero-order valence-electron chi connectivity index (χ0n) is 13.5. The van der Waals surface area contributed by atoms with Crippen LogP contribution in [0.4, 0.5) is 0 Å². The molecule has 130 valence electrons. The Hall–Kier alpha value is -2.20. The van der Waals surface area contributed by atoms with Crippen LogP contribution in [0.5, 0.6) is 0 Å². The molecule has 24 heavy (non-hydrogen) atoms. The van der Waals surface area contributed by atoms with Gasteiger partial charge in [0.15, 0.2) is 0 Å². The fraction of sp³-hybridized carbons (Fsp3) is 0.500. The average Bonchev–Trinajstić information content (AvgIpc) is 3.15. The first kappa shape index (κ1) is 16.7. The van der Waals surface area contributed by atoms with E-state index in [4.69, 9.17) is 5.73 Å². The van der Waals surface area contributed by atoms with Crippen LogP contribution in [-0.2, 0) is 10.0 Å². The number of carbonyl (C=O) groups excluding carboxylic acids is 1. The van der Waals surface area contributed by atoms with E-state index in [2.05, 4.69) is 20.4 Å². The summed E-state index contributed by atoms with van der Waals surface area (Å²) in [6.45, 7) is 4.19. The van der Waals surface area contributed by atoms with Gasteiger partial charge < -0.3 is 5.73 Å². The predicted octanol–water partition coefficient (Wildman–Crippen LogP) is 0.417. The van der Waals surface area contributed by atoms with Gasteiger partial charge in [-0.25, -0.2) is 8.42 Å². The molecule has 1 aliphatic heterocycles. The van der Waals surface area contributed by atoms with Crippen LogP contribution < -0.4 is 5.73 Å². The Morgan fingerprint density at radius 3 is 2.42 bits per heavy atom. The van der Waals surface area contributed by atoms with Crippen molar-refractivity contribution in [3.63, 3.8) is 0 Å². The molecule has 0 aromatic carbocycles. The number of H-pyrrole nitrogens is 2. The highest BCUT2D eigenvalue weighted by Crippen LogP contribution is 2.31. The summed E-state index contributed by atoms with van der Waals surface area (Å²) in [5, 5.41) is 13.4. The number of hydrogen-bond acceptors (Lipinski definition) is 5. The van der Waals surface area contributed by atoms with E-state index in [1.807, 2.05) is 0 Å². The van der Waals surface area contributed by atoms with Gasteiger partial charge >= 0.3 is 0 Å². The number of hydrogen-bond donors (Lipinski definition) is 3. The molecule has 1 amide bonds. The number of carbonyl (C=O) groups is 1. The first-order valence-electron chi connectivity index (χ1n) is 7.67. The van der Waals surface area contributed by atoms with Crippen LogP contribution in [0.15, 0.2) is 11.0 Å². The van der Waals surface area contributed by atoms with Gasteiger partial charge in [0.2, 0.25) is 10.0 Å². The van der Waals surface area contributed by atoms with Crippen molar-refractivity contribution >= 4 is 15.9 Å². The molecule has 1 aliphatic rings. The van der Waals surface area contributed by atoms with Crippen molar-refractivity contribution in [2.45, 2.75) is 37.5 Å². The molecule has 0 atom stereocenters. The molecular formula is C14H20N6O3S. The summed E-state index contributed by atoms with van der Waals surface area (Å²) in [5.74, 6) is -0.452. The van der Waals surface area contributed by atoms with Crippen molar-refractivity contribution < 1.29 is 13.2 Å². The van der Waals surface area contributed by atoms with Gasteiger partial charge in [-0.15, -0.1) is 0 Å². The minimum Gasteiger partial charge on any atom is -0.364 e. The highest BCUT2D eigenvalue weighted by atomic mass is 32.2. The van der Waals surface area contributed by atoms with Crippen LogP contribution in [0.25, 0.3) is 0 Å². The zero-order chi connectivity index (χ0) is 17.5. The molecule has 3 heterocycles. The molecule has 1 saturated heterocycles. The maximum absolute atomic E-state index is 12.8. The lowest BCUT2D eigenvalue weighted by molar-refractivity contribution is 0.0995. The fourth-order valence-electron chi connectivity index (χ4n) is 3.13. The number of amides is 1. The molecule has 10 heteroatoms. The van der Waals surface area contributed by atoms with Gasteiger partial charge in [-0.1, -0.05) is 0 Å². The van der Waals surface area contributed by atoms with Crippen molar-refractivity contribution in [1.82, 2.24) is 24.7 Å². The molecular weight excluding hydrogens is 332 g/mol. The summed E-state index contributed by atoms with van der Waals surface area (Å²) in [5.41, 5.74) is 7.25. The molecule has 0 unspecified atom stereocenters. The largest absolute Gasteiger partial charge is 0.364 e. The van der Waals surface area contributed by atoms with Gasteiger partial charge in [-0.3, -0.25) is 15.0 Å². The van der Waals surface area contributed by atoms with Gasteiger partial charge in [0.1, 0.15) is 10.6 Å². The first-order chi connectivity index (χ1) is 11.3. The Balaban J connectivity index is 1.74. The second-order valence-corrected chi connectivity index (χ2v) is 7.89. The van der Waals surface area contributed by atoms with Crippen LogP contribution >= 0.6 is 0 Å². The van der Waals surface area contributed by atoms with Crippen molar-refractivity contribution in [2.24, 2.45) is 5.73 Å². The normalized spacial score (nSPS) is 17.2. The lowest BCUT2D eigenvalue weighted by atomic mass is 9.94. The molecule has 1 fully saturated rings. The zero-order valence-corrected chi connectivity index (χ0v) is 14.4. The van der Waals surface area contributed by atoms with E-state index in [-0.39, 0.29) is 16.5 Å². The van der Waals surface area contributed by atoms with Gasteiger partial charge in [-0.2, -0.15) is 14.5 Å². The molecule has 3 rings (SSSR count). The van der Waals surface area contributed by atoms with Crippen molar-refractivity contribution in [2.75, 3.05) is 13.1 Å². The Morgan fingerprint density at radius 1 is 1.25 bits per heavy atom. The van der Waals surface area contributed by atoms with Gasteiger partial charge in [0.05, 0.1) is 11.4 Å². The van der Waals surface area contributed by atoms with E-state index >= 15 is 0 Å².